The predicted octanol–water partition coefficient (Wildman–Crippen LogP) is 3.88. The third-order valence-corrected chi connectivity index (χ3v) is 6.88. The van der Waals surface area contributed by atoms with Crippen LogP contribution in [-0.2, 0) is 32.6 Å². The molecule has 7 nitrogen and oxygen atoms in total. The molecule has 2 aromatic rings. The molecule has 0 saturated carbocycles. The summed E-state index contributed by atoms with van der Waals surface area (Å²) >= 11 is 0. The largest absolute Gasteiger partial charge is 0.352 e. The number of aryl methyl sites for hydroxylation is 1. The number of hydrogen-bond acceptors (Lipinski definition) is 4. The smallest absolute Gasteiger partial charge is 0.242 e. The third-order valence-electron chi connectivity index (χ3n) is 5.68. The minimum absolute atomic E-state index is 0.00676. The summed E-state index contributed by atoms with van der Waals surface area (Å²) in [4.78, 5) is 27.2. The number of carbonyl (C=O) groups is 2. The Kier molecular flexibility index (Phi) is 10.2. The van der Waals surface area contributed by atoms with Crippen molar-refractivity contribution in [2.45, 2.75) is 65.6 Å². The van der Waals surface area contributed by atoms with Gasteiger partial charge in [-0.25, -0.2) is 12.8 Å². The molecule has 9 heteroatoms. The second kappa shape index (κ2) is 12.7. The van der Waals surface area contributed by atoms with Crippen LogP contribution in [0.4, 0.5) is 10.1 Å². The lowest BCUT2D eigenvalue weighted by Crippen LogP contribution is -2.49. The van der Waals surface area contributed by atoms with E-state index in [9.17, 15) is 22.4 Å². The van der Waals surface area contributed by atoms with Gasteiger partial charge in [0.05, 0.1) is 11.9 Å². The van der Waals surface area contributed by atoms with Crippen LogP contribution >= 0.6 is 0 Å². The lowest BCUT2D eigenvalue weighted by atomic mass is 10.1. The summed E-state index contributed by atoms with van der Waals surface area (Å²) in [7, 11) is -3.56. The van der Waals surface area contributed by atoms with Crippen molar-refractivity contribution in [3.05, 3.63) is 65.5 Å². The minimum atomic E-state index is -3.56. The molecule has 1 N–H and O–H groups in total. The van der Waals surface area contributed by atoms with Crippen LogP contribution in [0.5, 0.6) is 0 Å². The van der Waals surface area contributed by atoms with Gasteiger partial charge in [-0.2, -0.15) is 0 Å². The molecule has 0 heterocycles. The van der Waals surface area contributed by atoms with E-state index in [1.165, 1.54) is 15.3 Å². The molecule has 0 fully saturated rings. The average molecular weight is 506 g/mol. The van der Waals surface area contributed by atoms with Crippen molar-refractivity contribution in [2.75, 3.05) is 17.1 Å². The average Bonchev–Trinajstić information content (AvgIpc) is 2.79. The number of anilines is 1. The van der Waals surface area contributed by atoms with E-state index in [1.54, 1.807) is 37.3 Å². The number of hydrogen-bond donors (Lipinski definition) is 1. The monoisotopic (exact) mass is 505 g/mol. The Bertz CT molecular complexity index is 1100. The molecule has 0 bridgehead atoms. The Morgan fingerprint density at radius 3 is 2.20 bits per heavy atom. The second-order valence-corrected chi connectivity index (χ2v) is 10.8. The van der Waals surface area contributed by atoms with Crippen molar-refractivity contribution in [1.82, 2.24) is 10.2 Å². The number of halogens is 1. The molecule has 1 atom stereocenters. The molecular weight excluding hydrogens is 469 g/mol. The molecule has 0 aliphatic rings. The summed E-state index contributed by atoms with van der Waals surface area (Å²) in [5.41, 5.74) is 1.93. The normalized spacial score (nSPS) is 12.3. The quantitative estimate of drug-likeness (QED) is 0.474. The maximum atomic E-state index is 14.3. The van der Waals surface area contributed by atoms with Gasteiger partial charge in [0.15, 0.2) is 0 Å². The van der Waals surface area contributed by atoms with Crippen LogP contribution in [-0.4, -0.2) is 50.0 Å². The molecule has 0 unspecified atom stereocenters. The highest BCUT2D eigenvalue weighted by molar-refractivity contribution is 7.92. The molecule has 2 rings (SSSR count). The summed E-state index contributed by atoms with van der Waals surface area (Å²) in [6.07, 6.45) is 2.22. The van der Waals surface area contributed by atoms with Crippen LogP contribution < -0.4 is 9.62 Å². The van der Waals surface area contributed by atoms with Crippen LogP contribution in [0, 0.1) is 5.82 Å². The van der Waals surface area contributed by atoms with Gasteiger partial charge in [-0.1, -0.05) is 37.3 Å². The zero-order valence-electron chi connectivity index (χ0n) is 21.1. The van der Waals surface area contributed by atoms with Gasteiger partial charge in [-0.15, -0.1) is 0 Å². The van der Waals surface area contributed by atoms with Gasteiger partial charge in [0, 0.05) is 31.1 Å². The highest BCUT2D eigenvalue weighted by Gasteiger charge is 2.27. The van der Waals surface area contributed by atoms with E-state index in [0.717, 1.165) is 18.2 Å². The van der Waals surface area contributed by atoms with Gasteiger partial charge in [-0.05, 0) is 57.4 Å². The minimum Gasteiger partial charge on any atom is -0.352 e. The molecule has 0 spiro atoms. The van der Waals surface area contributed by atoms with Gasteiger partial charge in [0.2, 0.25) is 21.8 Å². The van der Waals surface area contributed by atoms with Gasteiger partial charge < -0.3 is 10.2 Å². The van der Waals surface area contributed by atoms with E-state index in [1.807, 2.05) is 32.9 Å². The first-order valence-electron chi connectivity index (χ1n) is 11.8. The molecule has 0 radical (unpaired) electrons. The van der Waals surface area contributed by atoms with E-state index >= 15 is 0 Å². The third kappa shape index (κ3) is 8.35. The number of carbonyl (C=O) groups excluding carboxylic acids is 2. The number of rotatable bonds is 12. The molecule has 2 amide bonds. The van der Waals surface area contributed by atoms with Crippen molar-refractivity contribution >= 4 is 27.5 Å². The van der Waals surface area contributed by atoms with Crippen LogP contribution in [0.25, 0.3) is 0 Å². The molecular formula is C26H36FN3O4S. The van der Waals surface area contributed by atoms with E-state index in [4.69, 9.17) is 0 Å². The van der Waals surface area contributed by atoms with Gasteiger partial charge in [-0.3, -0.25) is 13.9 Å². The van der Waals surface area contributed by atoms with Crippen molar-refractivity contribution in [3.63, 3.8) is 0 Å². The first-order chi connectivity index (χ1) is 16.4. The first-order valence-corrected chi connectivity index (χ1v) is 13.7. The zero-order valence-corrected chi connectivity index (χ0v) is 21.9. The standard InChI is InChI=1S/C26H36FN3O4S/c1-6-21-13-15-23(16-14-21)30(35(5,33)34)17-9-12-25(31)29(20(4)26(32)28-19(2)3)18-22-10-7-8-11-24(22)27/h7-8,10-11,13-16,19-20H,6,9,12,17-18H2,1-5H3,(H,28,32)/t20-/m1/s1. The van der Waals surface area contributed by atoms with E-state index in [0.29, 0.717) is 11.3 Å². The van der Waals surface area contributed by atoms with Crippen LogP contribution in [0.3, 0.4) is 0 Å². The number of benzene rings is 2. The Morgan fingerprint density at radius 1 is 1.03 bits per heavy atom. The van der Waals surface area contributed by atoms with Crippen LogP contribution in [0.15, 0.2) is 48.5 Å². The number of sulfonamides is 1. The van der Waals surface area contributed by atoms with Crippen molar-refractivity contribution < 1.29 is 22.4 Å². The van der Waals surface area contributed by atoms with E-state index in [-0.39, 0.29) is 43.8 Å². The fraction of sp³-hybridized carbons (Fsp3) is 0.462. The summed E-state index contributed by atoms with van der Waals surface area (Å²) in [6.45, 7) is 7.31. The highest BCUT2D eigenvalue weighted by Crippen LogP contribution is 2.20. The molecule has 35 heavy (non-hydrogen) atoms. The Hall–Kier alpha value is -2.94. The molecule has 0 aliphatic heterocycles. The van der Waals surface area contributed by atoms with Crippen molar-refractivity contribution in [1.29, 1.82) is 0 Å². The summed E-state index contributed by atoms with van der Waals surface area (Å²) in [5, 5.41) is 2.79. The lowest BCUT2D eigenvalue weighted by Gasteiger charge is -2.30. The topological polar surface area (TPSA) is 86.8 Å². The van der Waals surface area contributed by atoms with Crippen molar-refractivity contribution in [3.8, 4) is 0 Å². The predicted molar refractivity (Wildman–Crippen MR) is 137 cm³/mol. The Balaban J connectivity index is 2.17. The van der Waals surface area contributed by atoms with Gasteiger partial charge in [0.1, 0.15) is 11.9 Å². The fourth-order valence-electron chi connectivity index (χ4n) is 3.70. The number of nitrogens with zero attached hydrogens (tertiary/aromatic N) is 2. The van der Waals surface area contributed by atoms with Crippen LogP contribution in [0.1, 0.15) is 51.7 Å². The maximum absolute atomic E-state index is 14.3. The zero-order chi connectivity index (χ0) is 26.2. The van der Waals surface area contributed by atoms with Crippen LogP contribution in [0.2, 0.25) is 0 Å². The van der Waals surface area contributed by atoms with E-state index < -0.39 is 21.9 Å². The molecule has 0 aromatic heterocycles. The maximum Gasteiger partial charge on any atom is 0.242 e. The molecule has 2 aromatic carbocycles. The molecule has 192 valence electrons. The Morgan fingerprint density at radius 2 is 1.66 bits per heavy atom. The summed E-state index contributed by atoms with van der Waals surface area (Å²) in [5.74, 6) is -1.14. The summed E-state index contributed by atoms with van der Waals surface area (Å²) in [6, 6.07) is 12.5. The number of nitrogens with one attached hydrogen (secondary N) is 1. The lowest BCUT2D eigenvalue weighted by molar-refractivity contribution is -0.140. The van der Waals surface area contributed by atoms with Crippen molar-refractivity contribution in [2.24, 2.45) is 0 Å². The van der Waals surface area contributed by atoms with E-state index in [2.05, 4.69) is 5.32 Å². The van der Waals surface area contributed by atoms with Gasteiger partial charge >= 0.3 is 0 Å². The Labute approximate surface area is 208 Å². The SMILES string of the molecule is CCc1ccc(N(CCCC(=O)N(Cc2ccccc2F)[C@H](C)C(=O)NC(C)C)S(C)(=O)=O)cc1. The van der Waals surface area contributed by atoms with Gasteiger partial charge in [0.25, 0.3) is 0 Å². The summed E-state index contributed by atoms with van der Waals surface area (Å²) < 4.78 is 40.4. The fourth-order valence-corrected chi connectivity index (χ4v) is 4.67. The second-order valence-electron chi connectivity index (χ2n) is 8.91. The first kappa shape index (κ1) is 28.3. The highest BCUT2D eigenvalue weighted by atomic mass is 32.2. The number of amides is 2. The molecule has 0 saturated heterocycles. The molecule has 0 aliphatic carbocycles.